The first-order valence-electron chi connectivity index (χ1n) is 13.5. The fourth-order valence-corrected chi connectivity index (χ4v) is 3.22. The van der Waals surface area contributed by atoms with Gasteiger partial charge in [-0.2, -0.15) is 0 Å². The second-order valence-electron chi connectivity index (χ2n) is 12.3. The van der Waals surface area contributed by atoms with Crippen LogP contribution in [0, 0.1) is 10.8 Å². The van der Waals surface area contributed by atoms with Gasteiger partial charge in [0, 0.05) is 5.92 Å². The van der Waals surface area contributed by atoms with Crippen molar-refractivity contribution in [2.45, 2.75) is 99.3 Å². The van der Waals surface area contributed by atoms with Crippen LogP contribution in [0.4, 0.5) is 14.4 Å². The van der Waals surface area contributed by atoms with Gasteiger partial charge < -0.3 is 39.3 Å². The van der Waals surface area contributed by atoms with Gasteiger partial charge in [0.1, 0.15) is 18.2 Å². The minimum atomic E-state index is -1.42. The lowest BCUT2D eigenvalue weighted by Gasteiger charge is -2.25. The Balaban J connectivity index is 3.32. The maximum atomic E-state index is 12.5. The molecule has 12 heteroatoms. The molecule has 4 atom stereocenters. The minimum absolute atomic E-state index is 0.00912. The number of carboxylic acids is 1. The number of aliphatic carboxylic acids is 1. The number of nitrogens with two attached hydrogens (primary N) is 1. The third-order valence-corrected chi connectivity index (χ3v) is 5.50. The summed E-state index contributed by atoms with van der Waals surface area (Å²) in [5.74, 6) is -2.60. The van der Waals surface area contributed by atoms with Gasteiger partial charge in [-0.15, -0.1) is 0 Å². The topological polar surface area (TPSA) is 170 Å². The van der Waals surface area contributed by atoms with Crippen molar-refractivity contribution in [3.63, 3.8) is 0 Å². The number of carboxylic acid groups (broad SMARTS) is 1. The summed E-state index contributed by atoms with van der Waals surface area (Å²) >= 11 is 0. The van der Waals surface area contributed by atoms with Gasteiger partial charge in [0.15, 0.2) is 11.5 Å². The van der Waals surface area contributed by atoms with Crippen LogP contribution < -0.4 is 15.2 Å². The van der Waals surface area contributed by atoms with E-state index in [0.29, 0.717) is 12.0 Å². The summed E-state index contributed by atoms with van der Waals surface area (Å²) in [4.78, 5) is 48.8. The molecule has 0 spiro atoms. The van der Waals surface area contributed by atoms with Crippen molar-refractivity contribution in [2.75, 3.05) is 13.2 Å². The predicted molar refractivity (Wildman–Crippen MR) is 149 cm³/mol. The highest BCUT2D eigenvalue weighted by Gasteiger charge is 2.31. The highest BCUT2D eigenvalue weighted by Crippen LogP contribution is 2.35. The Morgan fingerprint density at radius 2 is 1.29 bits per heavy atom. The molecule has 1 aromatic carbocycles. The molecule has 0 aliphatic carbocycles. The third kappa shape index (κ3) is 14.1. The van der Waals surface area contributed by atoms with Crippen molar-refractivity contribution in [3.8, 4) is 11.5 Å². The molecule has 12 nitrogen and oxygen atoms in total. The molecule has 0 aromatic heterocycles. The lowest BCUT2D eigenvalue weighted by molar-refractivity contribution is -0.139. The maximum Gasteiger partial charge on any atom is 0.513 e. The number of hydrogen-bond acceptors (Lipinski definition) is 11. The van der Waals surface area contributed by atoms with Gasteiger partial charge in [-0.3, -0.25) is 4.79 Å². The van der Waals surface area contributed by atoms with Crippen LogP contribution in [0.3, 0.4) is 0 Å². The van der Waals surface area contributed by atoms with Crippen molar-refractivity contribution in [2.24, 2.45) is 16.6 Å². The first-order chi connectivity index (χ1) is 18.8. The maximum absolute atomic E-state index is 12.5. The smallest absolute Gasteiger partial charge is 0.480 e. The van der Waals surface area contributed by atoms with Gasteiger partial charge in [-0.25, -0.2) is 14.4 Å². The average Bonchev–Trinajstić information content (AvgIpc) is 2.84. The van der Waals surface area contributed by atoms with Crippen LogP contribution in [-0.4, -0.2) is 61.0 Å². The van der Waals surface area contributed by atoms with Gasteiger partial charge in [0.2, 0.25) is 0 Å². The zero-order valence-corrected chi connectivity index (χ0v) is 25.5. The summed E-state index contributed by atoms with van der Waals surface area (Å²) < 4.78 is 31.4. The van der Waals surface area contributed by atoms with Crippen LogP contribution in [0.5, 0.6) is 11.5 Å². The van der Waals surface area contributed by atoms with Crippen molar-refractivity contribution >= 4 is 24.4 Å². The van der Waals surface area contributed by atoms with Gasteiger partial charge in [0.25, 0.3) is 0 Å². The number of benzene rings is 1. The van der Waals surface area contributed by atoms with Crippen LogP contribution in [0.2, 0.25) is 0 Å². The molecule has 0 amide bonds. The first kappa shape index (κ1) is 35.5. The van der Waals surface area contributed by atoms with E-state index in [1.165, 1.54) is 18.2 Å². The fraction of sp³-hybridized carbons (Fsp3) is 0.655. The normalized spacial score (nSPS) is 14.6. The quantitative estimate of drug-likeness (QED) is 0.166. The average molecular weight is 584 g/mol. The second kappa shape index (κ2) is 15.5. The highest BCUT2D eigenvalue weighted by atomic mass is 16.7. The van der Waals surface area contributed by atoms with E-state index < -0.39 is 42.5 Å². The molecule has 0 saturated heterocycles. The van der Waals surface area contributed by atoms with Gasteiger partial charge in [-0.05, 0) is 55.2 Å². The molecule has 0 heterocycles. The minimum Gasteiger partial charge on any atom is -0.480 e. The summed E-state index contributed by atoms with van der Waals surface area (Å²) in [5.41, 5.74) is 5.66. The summed E-state index contributed by atoms with van der Waals surface area (Å²) in [7, 11) is 0. The molecule has 3 unspecified atom stereocenters. The lowest BCUT2D eigenvalue weighted by Crippen LogP contribution is -2.38. The van der Waals surface area contributed by atoms with Crippen molar-refractivity contribution in [3.05, 3.63) is 23.8 Å². The van der Waals surface area contributed by atoms with E-state index in [-0.39, 0.29) is 48.1 Å². The molecule has 232 valence electrons. The zero-order valence-electron chi connectivity index (χ0n) is 25.5. The summed E-state index contributed by atoms with van der Waals surface area (Å²) in [6.45, 7) is 16.4. The van der Waals surface area contributed by atoms with E-state index in [9.17, 15) is 24.3 Å². The Bertz CT molecular complexity index is 1040. The van der Waals surface area contributed by atoms with E-state index in [0.717, 1.165) is 0 Å². The van der Waals surface area contributed by atoms with E-state index in [2.05, 4.69) is 0 Å². The zero-order chi connectivity index (χ0) is 31.5. The molecule has 3 N–H and O–H groups in total. The van der Waals surface area contributed by atoms with Crippen LogP contribution in [-0.2, 0) is 23.7 Å². The Kier molecular flexibility index (Phi) is 13.4. The number of carbonyl (C=O) groups excluding carboxylic acids is 3. The number of ether oxygens (including phenoxy) is 6. The van der Waals surface area contributed by atoms with E-state index in [4.69, 9.17) is 34.2 Å². The molecular formula is C29H45NO11. The monoisotopic (exact) mass is 583 g/mol. The van der Waals surface area contributed by atoms with Crippen LogP contribution in [0.25, 0.3) is 0 Å². The van der Waals surface area contributed by atoms with E-state index >= 15 is 0 Å². The van der Waals surface area contributed by atoms with Crippen LogP contribution >= 0.6 is 0 Å². The SMILES string of the molecule is CCC(C)OC(=O)OC(C)CC(c1ccc(OC(=O)OCC(C)(C)C)c(OC(=O)OCC(C)(C)C)c1)[C@H](N)C(=O)O. The molecule has 0 aliphatic heterocycles. The van der Waals surface area contributed by atoms with E-state index in [1.54, 1.807) is 13.8 Å². The highest BCUT2D eigenvalue weighted by molar-refractivity contribution is 5.75. The molecule has 0 bridgehead atoms. The lowest BCUT2D eigenvalue weighted by atomic mass is 9.87. The van der Waals surface area contributed by atoms with Crippen molar-refractivity contribution in [1.82, 2.24) is 0 Å². The third-order valence-electron chi connectivity index (χ3n) is 5.50. The molecule has 1 aromatic rings. The molecule has 0 fully saturated rings. The standard InChI is InChI=1S/C29H45NO11/c1-10-17(2)38-27(35)39-18(3)13-20(23(30)24(31)32)19-11-12-21(40-25(33)36-15-28(4,5)6)22(14-19)41-26(34)37-16-29(7,8)9/h11-12,14,17-18,20,23H,10,13,15-16,30H2,1-9H3,(H,31,32)/t17?,18?,20?,23-/m0/s1. The molecule has 0 saturated carbocycles. The Morgan fingerprint density at radius 3 is 1.76 bits per heavy atom. The molecular weight excluding hydrogens is 538 g/mol. The second-order valence-corrected chi connectivity index (χ2v) is 12.3. The summed E-state index contributed by atoms with van der Waals surface area (Å²) in [6, 6.07) is 2.69. The summed E-state index contributed by atoms with van der Waals surface area (Å²) in [6.07, 6.45) is -3.54. The van der Waals surface area contributed by atoms with Gasteiger partial charge >= 0.3 is 24.4 Å². The molecule has 0 aliphatic rings. The van der Waals surface area contributed by atoms with Crippen LogP contribution in [0.1, 0.15) is 86.6 Å². The molecule has 41 heavy (non-hydrogen) atoms. The number of rotatable bonds is 12. The van der Waals surface area contributed by atoms with E-state index in [1.807, 2.05) is 48.5 Å². The summed E-state index contributed by atoms with van der Waals surface area (Å²) in [5, 5.41) is 9.67. The van der Waals surface area contributed by atoms with Crippen molar-refractivity contribution in [1.29, 1.82) is 0 Å². The Hall–Kier alpha value is -3.54. The number of hydrogen-bond donors (Lipinski definition) is 2. The van der Waals surface area contributed by atoms with Crippen LogP contribution in [0.15, 0.2) is 18.2 Å². The largest absolute Gasteiger partial charge is 0.513 e. The Morgan fingerprint density at radius 1 is 0.805 bits per heavy atom. The fourth-order valence-electron chi connectivity index (χ4n) is 3.22. The van der Waals surface area contributed by atoms with Gasteiger partial charge in [0.05, 0.1) is 13.2 Å². The predicted octanol–water partition coefficient (Wildman–Crippen LogP) is 6.04. The molecule has 1 rings (SSSR count). The van der Waals surface area contributed by atoms with Gasteiger partial charge in [-0.1, -0.05) is 54.5 Å². The first-order valence-corrected chi connectivity index (χ1v) is 13.5. The molecule has 0 radical (unpaired) electrons. The number of carbonyl (C=O) groups is 4. The Labute approximate surface area is 241 Å². The van der Waals surface area contributed by atoms with Crippen molar-refractivity contribution < 1.29 is 52.7 Å².